The first-order chi connectivity index (χ1) is 10.7. The summed E-state index contributed by atoms with van der Waals surface area (Å²) < 4.78 is 5.65. The van der Waals surface area contributed by atoms with Crippen LogP contribution in [0.3, 0.4) is 0 Å². The summed E-state index contributed by atoms with van der Waals surface area (Å²) in [7, 11) is 0. The molecular weight excluding hydrogens is 298 g/mol. The van der Waals surface area contributed by atoms with Crippen LogP contribution in [0.4, 0.5) is 5.69 Å². The van der Waals surface area contributed by atoms with Gasteiger partial charge >= 0.3 is 0 Å². The molecule has 2 aromatic carbocycles. The summed E-state index contributed by atoms with van der Waals surface area (Å²) in [4.78, 5) is 0. The normalized spacial score (nSPS) is 10.6. The molecule has 0 unspecified atom stereocenters. The van der Waals surface area contributed by atoms with E-state index < -0.39 is 0 Å². The molecule has 5 heteroatoms. The van der Waals surface area contributed by atoms with E-state index in [0.717, 1.165) is 17.7 Å². The number of benzene rings is 2. The highest BCUT2D eigenvalue weighted by atomic mass is 35.5. The molecule has 3 aromatic rings. The Hall–Kier alpha value is -2.33. The number of hydrogen-bond donors (Lipinski definition) is 1. The third kappa shape index (κ3) is 3.46. The van der Waals surface area contributed by atoms with Crippen LogP contribution in [-0.2, 0) is 13.0 Å². The lowest BCUT2D eigenvalue weighted by Gasteiger charge is -2.04. The molecule has 0 aliphatic carbocycles. The second-order valence-corrected chi connectivity index (χ2v) is 5.35. The molecular formula is C17H16ClN3O. The van der Waals surface area contributed by atoms with Gasteiger partial charge in [0.2, 0.25) is 11.8 Å². The highest BCUT2D eigenvalue weighted by Gasteiger charge is 2.08. The van der Waals surface area contributed by atoms with Gasteiger partial charge in [-0.2, -0.15) is 0 Å². The molecule has 0 amide bonds. The Morgan fingerprint density at radius 1 is 1.09 bits per heavy atom. The predicted octanol–water partition coefficient (Wildman–Crippen LogP) is 4.56. The van der Waals surface area contributed by atoms with E-state index in [2.05, 4.69) is 34.6 Å². The van der Waals surface area contributed by atoms with E-state index in [1.807, 2.05) is 30.3 Å². The first kappa shape index (κ1) is 14.6. The Kier molecular flexibility index (Phi) is 4.39. The first-order valence-corrected chi connectivity index (χ1v) is 7.53. The smallest absolute Gasteiger partial charge is 0.247 e. The monoisotopic (exact) mass is 313 g/mol. The molecule has 3 rings (SSSR count). The topological polar surface area (TPSA) is 51.0 Å². The number of rotatable bonds is 5. The molecule has 4 nitrogen and oxygen atoms in total. The van der Waals surface area contributed by atoms with E-state index in [9.17, 15) is 0 Å². The van der Waals surface area contributed by atoms with Crippen molar-refractivity contribution in [2.45, 2.75) is 19.9 Å². The second-order valence-electron chi connectivity index (χ2n) is 4.92. The lowest BCUT2D eigenvalue weighted by Crippen LogP contribution is -1.99. The van der Waals surface area contributed by atoms with Crippen LogP contribution in [0.25, 0.3) is 11.5 Å². The second kappa shape index (κ2) is 6.62. The molecule has 22 heavy (non-hydrogen) atoms. The van der Waals surface area contributed by atoms with Gasteiger partial charge in [-0.1, -0.05) is 36.7 Å². The van der Waals surface area contributed by atoms with E-state index >= 15 is 0 Å². The van der Waals surface area contributed by atoms with Crippen LogP contribution >= 0.6 is 11.6 Å². The molecule has 0 bridgehead atoms. The van der Waals surface area contributed by atoms with Gasteiger partial charge in [0.1, 0.15) is 0 Å². The van der Waals surface area contributed by atoms with E-state index in [1.54, 1.807) is 6.07 Å². The summed E-state index contributed by atoms with van der Waals surface area (Å²) in [5.41, 5.74) is 3.16. The molecule has 0 saturated carbocycles. The highest BCUT2D eigenvalue weighted by molar-refractivity contribution is 6.30. The van der Waals surface area contributed by atoms with Crippen molar-refractivity contribution in [1.82, 2.24) is 10.2 Å². The number of aryl methyl sites for hydroxylation is 1. The number of hydrogen-bond acceptors (Lipinski definition) is 4. The van der Waals surface area contributed by atoms with Gasteiger partial charge in [0.15, 0.2) is 0 Å². The molecule has 1 N–H and O–H groups in total. The van der Waals surface area contributed by atoms with Crippen molar-refractivity contribution in [3.63, 3.8) is 0 Å². The molecule has 1 heterocycles. The van der Waals surface area contributed by atoms with E-state index in [4.69, 9.17) is 16.0 Å². The van der Waals surface area contributed by atoms with E-state index in [-0.39, 0.29) is 0 Å². The van der Waals surface area contributed by atoms with E-state index in [0.29, 0.717) is 23.3 Å². The maximum atomic E-state index is 5.97. The molecule has 1 aromatic heterocycles. The number of nitrogens with zero attached hydrogens (tertiary/aromatic N) is 2. The minimum absolute atomic E-state index is 0.473. The Morgan fingerprint density at radius 3 is 2.64 bits per heavy atom. The van der Waals surface area contributed by atoms with Crippen molar-refractivity contribution < 1.29 is 4.42 Å². The molecule has 0 atom stereocenters. The zero-order chi connectivity index (χ0) is 15.4. The van der Waals surface area contributed by atoms with Gasteiger partial charge < -0.3 is 9.73 Å². The van der Waals surface area contributed by atoms with Crippen LogP contribution in [0.5, 0.6) is 0 Å². The van der Waals surface area contributed by atoms with Crippen molar-refractivity contribution in [3.05, 3.63) is 65.0 Å². The van der Waals surface area contributed by atoms with Crippen molar-refractivity contribution in [3.8, 4) is 11.5 Å². The van der Waals surface area contributed by atoms with Crippen LogP contribution in [0.2, 0.25) is 5.02 Å². The fourth-order valence-corrected chi connectivity index (χ4v) is 2.29. The number of anilines is 1. The third-order valence-corrected chi connectivity index (χ3v) is 3.58. The minimum Gasteiger partial charge on any atom is -0.419 e. The zero-order valence-electron chi connectivity index (χ0n) is 12.2. The van der Waals surface area contributed by atoms with Crippen molar-refractivity contribution in [1.29, 1.82) is 0 Å². The number of aromatic nitrogens is 2. The Morgan fingerprint density at radius 2 is 1.91 bits per heavy atom. The van der Waals surface area contributed by atoms with Gasteiger partial charge in [0, 0.05) is 16.3 Å². The maximum absolute atomic E-state index is 5.97. The summed E-state index contributed by atoms with van der Waals surface area (Å²) in [6.07, 6.45) is 1.03. The van der Waals surface area contributed by atoms with Gasteiger partial charge in [-0.3, -0.25) is 0 Å². The molecule has 0 aliphatic rings. The van der Waals surface area contributed by atoms with Crippen molar-refractivity contribution in [2.75, 3.05) is 5.32 Å². The summed E-state index contributed by atoms with van der Waals surface area (Å²) in [6, 6.07) is 15.7. The molecule has 112 valence electrons. The summed E-state index contributed by atoms with van der Waals surface area (Å²) in [6.45, 7) is 2.62. The summed E-state index contributed by atoms with van der Waals surface area (Å²) >= 11 is 5.97. The molecule has 0 aliphatic heterocycles. The summed E-state index contributed by atoms with van der Waals surface area (Å²) in [5.74, 6) is 1.01. The maximum Gasteiger partial charge on any atom is 0.247 e. The average molecular weight is 314 g/mol. The Bertz CT molecular complexity index is 753. The van der Waals surface area contributed by atoms with Gasteiger partial charge in [0.05, 0.1) is 6.54 Å². The highest BCUT2D eigenvalue weighted by Crippen LogP contribution is 2.21. The van der Waals surface area contributed by atoms with E-state index in [1.165, 1.54) is 5.56 Å². The summed E-state index contributed by atoms with van der Waals surface area (Å²) in [5, 5.41) is 12.0. The van der Waals surface area contributed by atoms with Crippen LogP contribution in [0.1, 0.15) is 18.4 Å². The zero-order valence-corrected chi connectivity index (χ0v) is 13.0. The molecule has 0 radical (unpaired) electrons. The predicted molar refractivity (Wildman–Crippen MR) is 87.9 cm³/mol. The van der Waals surface area contributed by atoms with Crippen LogP contribution < -0.4 is 5.32 Å². The van der Waals surface area contributed by atoms with Gasteiger partial charge in [-0.05, 0) is 42.3 Å². The Balaban J connectivity index is 1.66. The van der Waals surface area contributed by atoms with Crippen LogP contribution in [0, 0.1) is 0 Å². The fraction of sp³-hybridized carbons (Fsp3) is 0.176. The standard InChI is InChI=1S/C17H16ClN3O/c1-2-12-6-8-15(9-7-12)19-11-16-20-21-17(22-16)13-4-3-5-14(18)10-13/h3-10,19H,2,11H2,1H3. The van der Waals surface area contributed by atoms with Crippen molar-refractivity contribution >= 4 is 17.3 Å². The van der Waals surface area contributed by atoms with Crippen molar-refractivity contribution in [2.24, 2.45) is 0 Å². The molecule has 0 fully saturated rings. The first-order valence-electron chi connectivity index (χ1n) is 7.15. The fourth-order valence-electron chi connectivity index (χ4n) is 2.10. The number of halogens is 1. The Labute approximate surface area is 134 Å². The number of nitrogens with one attached hydrogen (secondary N) is 1. The molecule has 0 saturated heterocycles. The van der Waals surface area contributed by atoms with Crippen LogP contribution in [-0.4, -0.2) is 10.2 Å². The lowest BCUT2D eigenvalue weighted by molar-refractivity contribution is 0.515. The lowest BCUT2D eigenvalue weighted by atomic mass is 10.1. The van der Waals surface area contributed by atoms with Gasteiger partial charge in [-0.15, -0.1) is 10.2 Å². The van der Waals surface area contributed by atoms with Gasteiger partial charge in [0.25, 0.3) is 0 Å². The SMILES string of the molecule is CCc1ccc(NCc2nnc(-c3cccc(Cl)c3)o2)cc1. The average Bonchev–Trinajstić information content (AvgIpc) is 3.02. The largest absolute Gasteiger partial charge is 0.419 e. The third-order valence-electron chi connectivity index (χ3n) is 3.34. The van der Waals surface area contributed by atoms with Gasteiger partial charge in [-0.25, -0.2) is 0 Å². The quantitative estimate of drug-likeness (QED) is 0.750. The van der Waals surface area contributed by atoms with Crippen LogP contribution in [0.15, 0.2) is 52.9 Å². The minimum atomic E-state index is 0.473. The molecule has 0 spiro atoms.